The van der Waals surface area contributed by atoms with Gasteiger partial charge in [-0.15, -0.1) is 0 Å². The molecule has 0 spiro atoms. The Balaban J connectivity index is 2.13. The zero-order valence-electron chi connectivity index (χ0n) is 18.8. The standard InChI is InChI=1S/C25H31N3O3/c1-5-8-16-28(24(29)18-12-11-13-19(17-18)31-4)22(6-2)23-26-21-15-10-9-14-20(21)25(30)27(23)7-3/h9-15,17,22H,5-8,16H2,1-4H3. The van der Waals surface area contributed by atoms with Gasteiger partial charge in [0.05, 0.1) is 24.1 Å². The van der Waals surface area contributed by atoms with E-state index in [-0.39, 0.29) is 17.5 Å². The van der Waals surface area contributed by atoms with E-state index in [1.807, 2.05) is 49.1 Å². The van der Waals surface area contributed by atoms with Crippen molar-refractivity contribution in [3.05, 3.63) is 70.3 Å². The summed E-state index contributed by atoms with van der Waals surface area (Å²) in [6.45, 7) is 7.17. The van der Waals surface area contributed by atoms with Crippen molar-refractivity contribution < 1.29 is 9.53 Å². The molecule has 1 unspecified atom stereocenters. The van der Waals surface area contributed by atoms with E-state index in [9.17, 15) is 9.59 Å². The van der Waals surface area contributed by atoms with Gasteiger partial charge in [-0.3, -0.25) is 14.2 Å². The summed E-state index contributed by atoms with van der Waals surface area (Å²) in [5.41, 5.74) is 1.17. The van der Waals surface area contributed by atoms with E-state index in [1.165, 1.54) is 0 Å². The molecule has 0 aliphatic heterocycles. The van der Waals surface area contributed by atoms with Crippen LogP contribution in [0, 0.1) is 0 Å². The topological polar surface area (TPSA) is 64.4 Å². The van der Waals surface area contributed by atoms with Crippen molar-refractivity contribution in [1.29, 1.82) is 0 Å². The third-order valence-electron chi connectivity index (χ3n) is 5.60. The van der Waals surface area contributed by atoms with Gasteiger partial charge in [-0.05, 0) is 50.1 Å². The quantitative estimate of drug-likeness (QED) is 0.497. The molecular formula is C25H31N3O3. The van der Waals surface area contributed by atoms with Crippen LogP contribution in [-0.2, 0) is 6.54 Å². The lowest BCUT2D eigenvalue weighted by Crippen LogP contribution is -2.39. The number of rotatable bonds is 9. The molecule has 0 radical (unpaired) electrons. The van der Waals surface area contributed by atoms with Gasteiger partial charge in [-0.2, -0.15) is 0 Å². The maximum Gasteiger partial charge on any atom is 0.261 e. The fourth-order valence-electron chi connectivity index (χ4n) is 3.94. The number of para-hydroxylation sites is 1. The minimum atomic E-state index is -0.303. The molecule has 3 rings (SSSR count). The third-order valence-corrected chi connectivity index (χ3v) is 5.60. The number of nitrogens with zero attached hydrogens (tertiary/aromatic N) is 3. The molecule has 1 atom stereocenters. The van der Waals surface area contributed by atoms with Crippen LogP contribution in [0.15, 0.2) is 53.3 Å². The number of amides is 1. The number of hydrogen-bond donors (Lipinski definition) is 0. The minimum absolute atomic E-state index is 0.0641. The van der Waals surface area contributed by atoms with Crippen molar-refractivity contribution in [2.24, 2.45) is 0 Å². The van der Waals surface area contributed by atoms with Gasteiger partial charge in [0, 0.05) is 18.7 Å². The molecule has 164 valence electrons. The SMILES string of the molecule is CCCCN(C(=O)c1cccc(OC)c1)C(CC)c1nc2ccccc2c(=O)n1CC. The lowest BCUT2D eigenvalue weighted by Gasteiger charge is -2.32. The second-order valence-electron chi connectivity index (χ2n) is 7.54. The molecule has 0 N–H and O–H groups in total. The average Bonchev–Trinajstić information content (AvgIpc) is 2.81. The molecule has 0 fully saturated rings. The molecule has 2 aromatic carbocycles. The predicted octanol–water partition coefficient (Wildman–Crippen LogP) is 4.82. The van der Waals surface area contributed by atoms with E-state index < -0.39 is 0 Å². The number of unbranched alkanes of at least 4 members (excludes halogenated alkanes) is 1. The van der Waals surface area contributed by atoms with Crippen LogP contribution in [0.5, 0.6) is 5.75 Å². The van der Waals surface area contributed by atoms with Crippen LogP contribution in [0.4, 0.5) is 0 Å². The van der Waals surface area contributed by atoms with Crippen LogP contribution in [0.2, 0.25) is 0 Å². The highest BCUT2D eigenvalue weighted by atomic mass is 16.5. The first-order valence-electron chi connectivity index (χ1n) is 11.0. The number of benzene rings is 2. The fourth-order valence-corrected chi connectivity index (χ4v) is 3.94. The molecule has 0 saturated heterocycles. The Labute approximate surface area is 183 Å². The van der Waals surface area contributed by atoms with Gasteiger partial charge in [0.15, 0.2) is 0 Å². The molecule has 1 aromatic heterocycles. The minimum Gasteiger partial charge on any atom is -0.497 e. The zero-order chi connectivity index (χ0) is 22.4. The van der Waals surface area contributed by atoms with Crippen LogP contribution in [0.1, 0.15) is 62.3 Å². The Morgan fingerprint density at radius 3 is 2.58 bits per heavy atom. The van der Waals surface area contributed by atoms with E-state index in [1.54, 1.807) is 29.9 Å². The average molecular weight is 422 g/mol. The van der Waals surface area contributed by atoms with E-state index >= 15 is 0 Å². The number of methoxy groups -OCH3 is 1. The van der Waals surface area contributed by atoms with Crippen molar-refractivity contribution in [1.82, 2.24) is 14.5 Å². The largest absolute Gasteiger partial charge is 0.497 e. The number of hydrogen-bond acceptors (Lipinski definition) is 4. The highest BCUT2D eigenvalue weighted by Crippen LogP contribution is 2.27. The van der Waals surface area contributed by atoms with Crippen molar-refractivity contribution >= 4 is 16.8 Å². The van der Waals surface area contributed by atoms with Gasteiger partial charge in [-0.1, -0.05) is 38.5 Å². The van der Waals surface area contributed by atoms with Gasteiger partial charge in [0.25, 0.3) is 11.5 Å². The van der Waals surface area contributed by atoms with Gasteiger partial charge in [0.1, 0.15) is 11.6 Å². The van der Waals surface area contributed by atoms with E-state index in [0.717, 1.165) is 12.8 Å². The van der Waals surface area contributed by atoms with Gasteiger partial charge < -0.3 is 9.64 Å². The summed E-state index contributed by atoms with van der Waals surface area (Å²) in [4.78, 5) is 33.5. The second kappa shape index (κ2) is 10.2. The van der Waals surface area contributed by atoms with Crippen LogP contribution >= 0.6 is 0 Å². The normalized spacial score (nSPS) is 12.0. The first kappa shape index (κ1) is 22.5. The first-order valence-corrected chi connectivity index (χ1v) is 11.0. The Morgan fingerprint density at radius 2 is 1.90 bits per heavy atom. The second-order valence-corrected chi connectivity index (χ2v) is 7.54. The highest BCUT2D eigenvalue weighted by molar-refractivity contribution is 5.95. The van der Waals surface area contributed by atoms with Gasteiger partial charge in [-0.25, -0.2) is 4.98 Å². The summed E-state index contributed by atoms with van der Waals surface area (Å²) < 4.78 is 7.01. The number of carbonyl (C=O) groups is 1. The Kier molecular flexibility index (Phi) is 7.45. The van der Waals surface area contributed by atoms with Crippen molar-refractivity contribution in [3.63, 3.8) is 0 Å². The maximum atomic E-state index is 13.6. The van der Waals surface area contributed by atoms with Crippen LogP contribution in [0.3, 0.4) is 0 Å². The van der Waals surface area contributed by atoms with Gasteiger partial charge >= 0.3 is 0 Å². The lowest BCUT2D eigenvalue weighted by molar-refractivity contribution is 0.0653. The molecule has 3 aromatic rings. The predicted molar refractivity (Wildman–Crippen MR) is 124 cm³/mol. The molecule has 0 aliphatic carbocycles. The number of aromatic nitrogens is 2. The fraction of sp³-hybridized carbons (Fsp3) is 0.400. The van der Waals surface area contributed by atoms with Crippen LogP contribution < -0.4 is 10.3 Å². The summed E-state index contributed by atoms with van der Waals surface area (Å²) in [5.74, 6) is 1.20. The van der Waals surface area contributed by atoms with E-state index in [4.69, 9.17) is 9.72 Å². The molecule has 0 saturated carbocycles. The molecule has 1 heterocycles. The molecule has 0 bridgehead atoms. The van der Waals surface area contributed by atoms with Gasteiger partial charge in [0.2, 0.25) is 0 Å². The van der Waals surface area contributed by atoms with Crippen molar-refractivity contribution in [3.8, 4) is 5.75 Å². The summed E-state index contributed by atoms with van der Waals surface area (Å²) in [5, 5.41) is 0.599. The monoisotopic (exact) mass is 421 g/mol. The molecule has 6 nitrogen and oxygen atoms in total. The third kappa shape index (κ3) is 4.63. The smallest absolute Gasteiger partial charge is 0.261 e. The molecule has 0 aliphatic rings. The summed E-state index contributed by atoms with van der Waals surface area (Å²) >= 11 is 0. The summed E-state index contributed by atoms with van der Waals surface area (Å²) in [6.07, 6.45) is 2.49. The van der Waals surface area contributed by atoms with Crippen LogP contribution in [-0.4, -0.2) is 34.0 Å². The van der Waals surface area contributed by atoms with E-state index in [0.29, 0.717) is 47.6 Å². The Morgan fingerprint density at radius 1 is 1.13 bits per heavy atom. The summed E-state index contributed by atoms with van der Waals surface area (Å²) in [6, 6.07) is 14.3. The van der Waals surface area contributed by atoms with Crippen LogP contribution in [0.25, 0.3) is 10.9 Å². The molecule has 1 amide bonds. The summed E-state index contributed by atoms with van der Waals surface area (Å²) in [7, 11) is 1.59. The van der Waals surface area contributed by atoms with Crippen molar-refractivity contribution in [2.75, 3.05) is 13.7 Å². The zero-order valence-corrected chi connectivity index (χ0v) is 18.8. The molecule has 6 heteroatoms. The van der Waals surface area contributed by atoms with E-state index in [2.05, 4.69) is 6.92 Å². The maximum absolute atomic E-state index is 13.6. The molecular weight excluding hydrogens is 390 g/mol. The number of fused-ring (bicyclic) bond motifs is 1. The number of ether oxygens (including phenoxy) is 1. The lowest BCUT2D eigenvalue weighted by atomic mass is 10.1. The number of carbonyl (C=O) groups excluding carboxylic acids is 1. The Hall–Kier alpha value is -3.15. The first-order chi connectivity index (χ1) is 15.0. The Bertz CT molecular complexity index is 1110. The highest BCUT2D eigenvalue weighted by Gasteiger charge is 2.28. The molecule has 31 heavy (non-hydrogen) atoms. The van der Waals surface area contributed by atoms with Crippen molar-refractivity contribution in [2.45, 2.75) is 52.6 Å².